The van der Waals surface area contributed by atoms with Crippen LogP contribution in [0.25, 0.3) is 33.5 Å². The van der Waals surface area contributed by atoms with Gasteiger partial charge in [-0.3, -0.25) is 0 Å². The molecule has 0 spiro atoms. The highest BCUT2D eigenvalue weighted by Gasteiger charge is 2.34. The van der Waals surface area contributed by atoms with Crippen LogP contribution in [0, 0.1) is 30.5 Å². The molecule has 2 unspecified atom stereocenters. The number of aromatic amines is 1. The first kappa shape index (κ1) is 38.7. The number of aromatic nitrogens is 3. The molecule has 0 saturated carbocycles. The lowest BCUT2D eigenvalue weighted by molar-refractivity contribution is -0.00365. The van der Waals surface area contributed by atoms with E-state index in [2.05, 4.69) is 63.3 Å². The van der Waals surface area contributed by atoms with E-state index in [1.807, 2.05) is 13.0 Å². The Hall–Kier alpha value is -4.59. The zero-order valence-corrected chi connectivity index (χ0v) is 32.1. The number of halogens is 1. The minimum atomic E-state index is -0.801. The van der Waals surface area contributed by atoms with E-state index in [1.165, 1.54) is 23.4 Å². The number of anilines is 1. The quantitative estimate of drug-likeness (QED) is 0.124. The summed E-state index contributed by atoms with van der Waals surface area (Å²) in [5.74, 6) is 0.549. The number of nitrogens with zero attached hydrogens (tertiary/aromatic N) is 5. The topological polar surface area (TPSA) is 147 Å². The molecule has 3 amide bonds. The number of carbonyl (C=O) groups is 2. The summed E-state index contributed by atoms with van der Waals surface area (Å²) in [6.07, 6.45) is 6.22. The molecule has 3 saturated heterocycles. The van der Waals surface area contributed by atoms with Crippen molar-refractivity contribution in [3.8, 4) is 22.5 Å². The fraction of sp³-hybridized carbons (Fsp3) is 0.524. The highest BCUT2D eigenvalue weighted by molar-refractivity contribution is 5.97. The minimum Gasteiger partial charge on any atom is -0.465 e. The Morgan fingerprint density at radius 1 is 1.00 bits per heavy atom. The molecule has 2 atom stereocenters. The average molecular weight is 756 g/mol. The monoisotopic (exact) mass is 755 g/mol. The maximum atomic E-state index is 15.1. The van der Waals surface area contributed by atoms with Gasteiger partial charge in [0.25, 0.3) is 0 Å². The summed E-state index contributed by atoms with van der Waals surface area (Å²) in [6.45, 7) is 11.7. The van der Waals surface area contributed by atoms with Crippen molar-refractivity contribution in [2.45, 2.75) is 78.1 Å². The maximum Gasteiger partial charge on any atom is 0.407 e. The predicted octanol–water partition coefficient (Wildman–Crippen LogP) is 7.37. The molecule has 13 heteroatoms. The molecule has 294 valence electrons. The van der Waals surface area contributed by atoms with E-state index in [-0.39, 0.29) is 24.6 Å². The Labute approximate surface area is 322 Å². The zero-order valence-electron chi connectivity index (χ0n) is 32.1. The van der Waals surface area contributed by atoms with E-state index in [0.717, 1.165) is 80.4 Å². The van der Waals surface area contributed by atoms with Gasteiger partial charge in [0.2, 0.25) is 0 Å². The van der Waals surface area contributed by atoms with Crippen molar-refractivity contribution in [1.29, 1.82) is 0 Å². The van der Waals surface area contributed by atoms with Gasteiger partial charge >= 0.3 is 12.1 Å². The van der Waals surface area contributed by atoms with Crippen molar-refractivity contribution < 1.29 is 28.9 Å². The first-order chi connectivity index (χ1) is 26.5. The van der Waals surface area contributed by atoms with Gasteiger partial charge in [0.15, 0.2) is 0 Å². The summed E-state index contributed by atoms with van der Waals surface area (Å²) in [6, 6.07) is 12.6. The average Bonchev–Trinajstić information content (AvgIpc) is 3.78. The van der Waals surface area contributed by atoms with Gasteiger partial charge in [-0.05, 0) is 98.7 Å². The number of nitrogens with one attached hydrogen (secondary N) is 2. The number of β-amino-alcohol motifs (C(OH)–C–C–N with tert-alkyl or cyclic N) is 1. The first-order valence-corrected chi connectivity index (χ1v) is 19.8. The lowest BCUT2D eigenvalue weighted by Crippen LogP contribution is -2.40. The number of H-pyrrole nitrogens is 1. The molecule has 2 aromatic carbocycles. The molecule has 5 heterocycles. The molecule has 7 rings (SSSR count). The molecule has 0 aliphatic carbocycles. The minimum absolute atomic E-state index is 0.0200. The largest absolute Gasteiger partial charge is 0.465 e. The Morgan fingerprint density at radius 3 is 2.45 bits per heavy atom. The number of rotatable bonds is 11. The second-order valence-electron chi connectivity index (χ2n) is 16.1. The molecule has 12 nitrogen and oxygen atoms in total. The van der Waals surface area contributed by atoms with Crippen LogP contribution < -0.4 is 5.32 Å². The first-order valence-electron chi connectivity index (χ1n) is 19.8. The summed E-state index contributed by atoms with van der Waals surface area (Å²) in [5.41, 5.74) is 5.71. The Kier molecular flexibility index (Phi) is 12.0. The molecule has 55 heavy (non-hydrogen) atoms. The fourth-order valence-corrected chi connectivity index (χ4v) is 8.49. The number of aliphatic hydroxyl groups excluding tert-OH is 1. The van der Waals surface area contributed by atoms with E-state index in [1.54, 1.807) is 4.90 Å². The number of ether oxygens (including phenoxy) is 1. The second kappa shape index (κ2) is 17.1. The molecule has 3 aliphatic rings. The van der Waals surface area contributed by atoms with Gasteiger partial charge < -0.3 is 40.0 Å². The van der Waals surface area contributed by atoms with Crippen LogP contribution in [-0.2, 0) is 11.3 Å². The third-order valence-corrected chi connectivity index (χ3v) is 11.8. The van der Waals surface area contributed by atoms with Gasteiger partial charge in [0.05, 0.1) is 24.5 Å². The SMILES string of the molecule is Cc1c(NC(=O)N2CC(O)C(CC(C)C)C2)cc(F)cc1-c1ncnc2[nH]c(-c3ccc(COC4CCN(CCC5CCN(C(=O)O)CC5)CC4)cc3)cc12. The van der Waals surface area contributed by atoms with Crippen LogP contribution >= 0.6 is 0 Å². The zero-order chi connectivity index (χ0) is 38.6. The maximum absolute atomic E-state index is 15.1. The number of carboxylic acid groups (broad SMARTS) is 1. The number of urea groups is 1. The number of hydrogen-bond acceptors (Lipinski definition) is 7. The van der Waals surface area contributed by atoms with Crippen LogP contribution in [0.4, 0.5) is 19.7 Å². The summed E-state index contributed by atoms with van der Waals surface area (Å²) < 4.78 is 21.5. The van der Waals surface area contributed by atoms with Crippen molar-refractivity contribution in [3.63, 3.8) is 0 Å². The number of fused-ring (bicyclic) bond motifs is 1. The Balaban J connectivity index is 0.943. The lowest BCUT2D eigenvalue weighted by atomic mass is 9.93. The second-order valence-corrected chi connectivity index (χ2v) is 16.1. The number of piperidine rings is 2. The molecule has 2 aromatic heterocycles. The third-order valence-electron chi connectivity index (χ3n) is 11.8. The van der Waals surface area contributed by atoms with Gasteiger partial charge in [-0.2, -0.15) is 0 Å². The van der Waals surface area contributed by atoms with Crippen molar-refractivity contribution >= 4 is 28.8 Å². The van der Waals surface area contributed by atoms with Gasteiger partial charge in [0, 0.05) is 67.5 Å². The smallest absolute Gasteiger partial charge is 0.407 e. The summed E-state index contributed by atoms with van der Waals surface area (Å²) in [7, 11) is 0. The van der Waals surface area contributed by atoms with E-state index < -0.39 is 18.0 Å². The number of hydrogen-bond donors (Lipinski definition) is 4. The number of aliphatic hydroxyl groups is 1. The van der Waals surface area contributed by atoms with Crippen molar-refractivity contribution in [2.24, 2.45) is 17.8 Å². The summed E-state index contributed by atoms with van der Waals surface area (Å²) in [5, 5.41) is 23.4. The Bertz CT molecular complexity index is 1950. The van der Waals surface area contributed by atoms with Crippen LogP contribution in [0.15, 0.2) is 48.8 Å². The molecule has 4 N–H and O–H groups in total. The van der Waals surface area contributed by atoms with E-state index in [9.17, 15) is 19.8 Å². The molecule has 0 radical (unpaired) electrons. The van der Waals surface area contributed by atoms with Gasteiger partial charge in [0.1, 0.15) is 17.8 Å². The van der Waals surface area contributed by atoms with Crippen molar-refractivity contribution in [2.75, 3.05) is 51.1 Å². The predicted molar refractivity (Wildman–Crippen MR) is 210 cm³/mol. The number of benzene rings is 2. The van der Waals surface area contributed by atoms with Crippen molar-refractivity contribution in [3.05, 3.63) is 65.7 Å². The van der Waals surface area contributed by atoms with Crippen LogP contribution in [0.3, 0.4) is 0 Å². The standard InChI is InChI=1S/C42H54FN7O5/c1-26(2)18-31-22-50(23-38(31)51)41(52)47-36-20-32(43)19-34(27(36)3)39-35-21-37(46-40(35)45-25-44-39)30-6-4-29(5-7-30)24-55-33-11-14-48(15-12-33)13-8-28-9-16-49(17-10-28)42(53)54/h4-7,19-21,25-26,28,31,33,38,51H,8-18,22-24H2,1-3H3,(H,47,52)(H,53,54)(H,44,45,46). The van der Waals surface area contributed by atoms with E-state index in [4.69, 9.17) is 4.74 Å². The van der Waals surface area contributed by atoms with Crippen LogP contribution in [-0.4, -0.2) is 110 Å². The van der Waals surface area contributed by atoms with Crippen LogP contribution in [0.2, 0.25) is 0 Å². The summed E-state index contributed by atoms with van der Waals surface area (Å²) >= 11 is 0. The van der Waals surface area contributed by atoms with Crippen molar-refractivity contribution in [1.82, 2.24) is 29.7 Å². The van der Waals surface area contributed by atoms with E-state index >= 15 is 4.39 Å². The van der Waals surface area contributed by atoms with Gasteiger partial charge in [-0.25, -0.2) is 23.9 Å². The molecular formula is C42H54FN7O5. The van der Waals surface area contributed by atoms with Crippen LogP contribution in [0.1, 0.15) is 63.5 Å². The molecule has 3 aliphatic heterocycles. The number of amides is 3. The number of likely N-dealkylation sites (tertiary alicyclic amines) is 3. The highest BCUT2D eigenvalue weighted by atomic mass is 19.1. The van der Waals surface area contributed by atoms with Gasteiger partial charge in [-0.1, -0.05) is 38.1 Å². The lowest BCUT2D eigenvalue weighted by Gasteiger charge is -2.34. The molecule has 0 bridgehead atoms. The van der Waals surface area contributed by atoms with E-state index in [0.29, 0.717) is 66.2 Å². The highest BCUT2D eigenvalue weighted by Crippen LogP contribution is 2.35. The molecule has 3 fully saturated rings. The Morgan fingerprint density at radius 2 is 1.75 bits per heavy atom. The van der Waals surface area contributed by atoms with Gasteiger partial charge in [-0.15, -0.1) is 0 Å². The molecular weight excluding hydrogens is 702 g/mol. The third kappa shape index (κ3) is 9.28. The fourth-order valence-electron chi connectivity index (χ4n) is 8.49. The normalized spacial score (nSPS) is 20.2. The number of carbonyl (C=O) groups excluding carboxylic acids is 1. The van der Waals surface area contributed by atoms with Crippen LogP contribution in [0.5, 0.6) is 0 Å². The summed E-state index contributed by atoms with van der Waals surface area (Å²) in [4.78, 5) is 42.5. The molecule has 4 aromatic rings.